The van der Waals surface area contributed by atoms with E-state index in [0.29, 0.717) is 18.2 Å². The first-order valence-electron chi connectivity index (χ1n) is 5.84. The summed E-state index contributed by atoms with van der Waals surface area (Å²) in [6.07, 6.45) is 2.66. The third kappa shape index (κ3) is 3.72. The summed E-state index contributed by atoms with van der Waals surface area (Å²) < 4.78 is 5.11. The molecule has 0 bridgehead atoms. The van der Waals surface area contributed by atoms with E-state index in [1.54, 1.807) is 19.4 Å². The molecule has 1 atom stereocenters. The van der Waals surface area contributed by atoms with E-state index in [9.17, 15) is 0 Å². The van der Waals surface area contributed by atoms with Crippen molar-refractivity contribution in [2.45, 2.75) is 26.3 Å². The molecule has 0 N–H and O–H groups in total. The number of aromatic nitrogens is 1. The van der Waals surface area contributed by atoms with E-state index in [2.05, 4.69) is 29.8 Å². The minimum Gasteiger partial charge on any atom is -0.383 e. The zero-order valence-corrected chi connectivity index (χ0v) is 10.7. The summed E-state index contributed by atoms with van der Waals surface area (Å²) in [6.45, 7) is 5.79. The molecule has 1 aromatic heterocycles. The summed E-state index contributed by atoms with van der Waals surface area (Å²) in [6, 6.07) is 6.17. The van der Waals surface area contributed by atoms with Crippen LogP contribution < -0.4 is 4.90 Å². The molecule has 17 heavy (non-hydrogen) atoms. The Bertz CT molecular complexity index is 369. The van der Waals surface area contributed by atoms with Gasteiger partial charge in [-0.05, 0) is 25.5 Å². The first-order chi connectivity index (χ1) is 8.22. The van der Waals surface area contributed by atoms with Crippen LogP contribution in [0.15, 0.2) is 18.3 Å². The van der Waals surface area contributed by atoms with E-state index in [4.69, 9.17) is 10.00 Å². The maximum atomic E-state index is 8.74. The molecular formula is C13H19N3O. The van der Waals surface area contributed by atoms with Crippen LogP contribution in [0.4, 0.5) is 5.82 Å². The normalized spacial score (nSPS) is 11.9. The monoisotopic (exact) mass is 233 g/mol. The van der Waals surface area contributed by atoms with Gasteiger partial charge in [0.1, 0.15) is 11.9 Å². The van der Waals surface area contributed by atoms with Gasteiger partial charge in [0.2, 0.25) is 0 Å². The highest BCUT2D eigenvalue weighted by Crippen LogP contribution is 2.15. The summed E-state index contributed by atoms with van der Waals surface area (Å²) in [5.74, 6) is 0.899. The summed E-state index contributed by atoms with van der Waals surface area (Å²) >= 11 is 0. The number of hydrogen-bond acceptors (Lipinski definition) is 4. The molecule has 0 aromatic carbocycles. The maximum absolute atomic E-state index is 8.74. The molecule has 0 aliphatic carbocycles. The Morgan fingerprint density at radius 1 is 1.53 bits per heavy atom. The SMILES string of the molecule is CCC(C)N(CCOC)c1ccc(C#N)cn1. The van der Waals surface area contributed by atoms with Gasteiger partial charge < -0.3 is 9.64 Å². The minimum atomic E-state index is 0.408. The number of pyridine rings is 1. The first kappa shape index (κ1) is 13.5. The number of ether oxygens (including phenoxy) is 1. The van der Waals surface area contributed by atoms with Crippen LogP contribution in [0.25, 0.3) is 0 Å². The van der Waals surface area contributed by atoms with Gasteiger partial charge in [-0.3, -0.25) is 0 Å². The van der Waals surface area contributed by atoms with E-state index in [1.165, 1.54) is 0 Å². The van der Waals surface area contributed by atoms with Gasteiger partial charge in [0.15, 0.2) is 0 Å². The van der Waals surface area contributed by atoms with Gasteiger partial charge in [0, 0.05) is 25.9 Å². The van der Waals surface area contributed by atoms with Crippen LogP contribution in [-0.2, 0) is 4.74 Å². The summed E-state index contributed by atoms with van der Waals surface area (Å²) in [4.78, 5) is 6.52. The third-order valence-corrected chi connectivity index (χ3v) is 2.83. The van der Waals surface area contributed by atoms with Crippen LogP contribution in [0.1, 0.15) is 25.8 Å². The van der Waals surface area contributed by atoms with Crippen molar-refractivity contribution in [2.75, 3.05) is 25.2 Å². The Kier molecular flexibility index (Phi) is 5.44. The lowest BCUT2D eigenvalue weighted by Gasteiger charge is -2.29. The lowest BCUT2D eigenvalue weighted by molar-refractivity contribution is 0.203. The number of nitriles is 1. The van der Waals surface area contributed by atoms with Crippen LogP contribution in [0.2, 0.25) is 0 Å². The summed E-state index contributed by atoms with van der Waals surface area (Å²) in [5.41, 5.74) is 0.588. The van der Waals surface area contributed by atoms with Crippen molar-refractivity contribution < 1.29 is 4.74 Å². The lowest BCUT2D eigenvalue weighted by atomic mass is 10.2. The van der Waals surface area contributed by atoms with Gasteiger partial charge in [0.25, 0.3) is 0 Å². The molecule has 92 valence electrons. The van der Waals surface area contributed by atoms with Crippen LogP contribution >= 0.6 is 0 Å². The third-order valence-electron chi connectivity index (χ3n) is 2.83. The molecule has 0 saturated heterocycles. The quantitative estimate of drug-likeness (QED) is 0.755. The number of rotatable bonds is 6. The van der Waals surface area contributed by atoms with Crippen molar-refractivity contribution in [2.24, 2.45) is 0 Å². The molecule has 0 saturated carbocycles. The van der Waals surface area contributed by atoms with Gasteiger partial charge in [0.05, 0.1) is 12.2 Å². The van der Waals surface area contributed by atoms with E-state index in [-0.39, 0.29) is 0 Å². The van der Waals surface area contributed by atoms with Crippen LogP contribution in [0.3, 0.4) is 0 Å². The standard InChI is InChI=1S/C13H19N3O/c1-4-11(2)16(7-8-17-3)13-6-5-12(9-14)10-15-13/h5-6,10-11H,4,7-8H2,1-3H3. The Morgan fingerprint density at radius 3 is 2.76 bits per heavy atom. The number of methoxy groups -OCH3 is 1. The predicted molar refractivity (Wildman–Crippen MR) is 67.9 cm³/mol. The fourth-order valence-electron chi connectivity index (χ4n) is 1.59. The molecule has 1 rings (SSSR count). The predicted octanol–water partition coefficient (Wildman–Crippen LogP) is 2.20. The molecule has 4 heteroatoms. The Labute approximate surface area is 103 Å². The highest BCUT2D eigenvalue weighted by molar-refractivity contribution is 5.42. The van der Waals surface area contributed by atoms with Gasteiger partial charge in [-0.2, -0.15) is 5.26 Å². The van der Waals surface area contributed by atoms with Crippen molar-refractivity contribution in [1.29, 1.82) is 5.26 Å². The number of anilines is 1. The molecule has 1 unspecified atom stereocenters. The van der Waals surface area contributed by atoms with E-state index >= 15 is 0 Å². The first-order valence-corrected chi connectivity index (χ1v) is 5.84. The maximum Gasteiger partial charge on any atom is 0.128 e. The minimum absolute atomic E-state index is 0.408. The van der Waals surface area contributed by atoms with Gasteiger partial charge in [-0.25, -0.2) is 4.98 Å². The molecule has 1 heterocycles. The second-order valence-corrected chi connectivity index (χ2v) is 3.96. The second kappa shape index (κ2) is 6.87. The largest absolute Gasteiger partial charge is 0.383 e. The van der Waals surface area contributed by atoms with Crippen molar-refractivity contribution in [3.05, 3.63) is 23.9 Å². The Balaban J connectivity index is 2.84. The van der Waals surface area contributed by atoms with E-state index < -0.39 is 0 Å². The average molecular weight is 233 g/mol. The lowest BCUT2D eigenvalue weighted by Crippen LogP contribution is -2.36. The highest BCUT2D eigenvalue weighted by atomic mass is 16.5. The molecule has 0 fully saturated rings. The molecular weight excluding hydrogens is 214 g/mol. The van der Waals surface area contributed by atoms with Gasteiger partial charge in [-0.1, -0.05) is 6.92 Å². The topological polar surface area (TPSA) is 49.1 Å². The summed E-state index contributed by atoms with van der Waals surface area (Å²) in [7, 11) is 1.70. The van der Waals surface area contributed by atoms with E-state index in [0.717, 1.165) is 18.8 Å². The fourth-order valence-corrected chi connectivity index (χ4v) is 1.59. The fraction of sp³-hybridized carbons (Fsp3) is 0.538. The van der Waals surface area contributed by atoms with Crippen LogP contribution in [-0.4, -0.2) is 31.3 Å². The Morgan fingerprint density at radius 2 is 2.29 bits per heavy atom. The number of hydrogen-bond donors (Lipinski definition) is 0. The van der Waals surface area contributed by atoms with E-state index in [1.807, 2.05) is 6.07 Å². The zero-order chi connectivity index (χ0) is 12.7. The molecule has 1 aromatic rings. The molecule has 0 aliphatic heterocycles. The van der Waals surface area contributed by atoms with Crippen molar-refractivity contribution in [3.63, 3.8) is 0 Å². The Hall–Kier alpha value is -1.60. The molecule has 0 amide bonds. The molecule has 0 radical (unpaired) electrons. The summed E-state index contributed by atoms with van der Waals surface area (Å²) in [5, 5.41) is 8.74. The highest BCUT2D eigenvalue weighted by Gasteiger charge is 2.13. The second-order valence-electron chi connectivity index (χ2n) is 3.96. The van der Waals surface area contributed by atoms with Crippen LogP contribution in [0.5, 0.6) is 0 Å². The van der Waals surface area contributed by atoms with Gasteiger partial charge >= 0.3 is 0 Å². The molecule has 0 aliphatic rings. The van der Waals surface area contributed by atoms with Gasteiger partial charge in [-0.15, -0.1) is 0 Å². The van der Waals surface area contributed by atoms with Crippen molar-refractivity contribution in [1.82, 2.24) is 4.98 Å². The van der Waals surface area contributed by atoms with Crippen molar-refractivity contribution >= 4 is 5.82 Å². The van der Waals surface area contributed by atoms with Crippen LogP contribution in [0, 0.1) is 11.3 Å². The smallest absolute Gasteiger partial charge is 0.128 e. The molecule has 0 spiro atoms. The average Bonchev–Trinajstić information content (AvgIpc) is 2.39. The zero-order valence-electron chi connectivity index (χ0n) is 10.7. The van der Waals surface area contributed by atoms with Crippen molar-refractivity contribution in [3.8, 4) is 6.07 Å². The number of nitrogens with zero attached hydrogens (tertiary/aromatic N) is 3. The molecule has 4 nitrogen and oxygen atoms in total.